The molecule has 8 heteroatoms. The summed E-state index contributed by atoms with van der Waals surface area (Å²) in [4.78, 5) is 10.4. The molecule has 1 aliphatic rings. The van der Waals surface area contributed by atoms with Crippen molar-refractivity contribution in [3.63, 3.8) is 0 Å². The van der Waals surface area contributed by atoms with E-state index in [9.17, 15) is 4.39 Å². The van der Waals surface area contributed by atoms with Gasteiger partial charge >= 0.3 is 0 Å². The Balaban J connectivity index is 1.82. The van der Waals surface area contributed by atoms with Crippen LogP contribution < -0.4 is 5.32 Å². The fourth-order valence-electron chi connectivity index (χ4n) is 2.52. The molecule has 0 spiro atoms. The molecule has 2 aromatic rings. The molecular weight excluding hydrogens is 331 g/mol. The number of hydrogen-bond donors (Lipinski definition) is 1. The normalized spacial score (nSPS) is 14.0. The van der Waals surface area contributed by atoms with Gasteiger partial charge in [0.25, 0.3) is 0 Å². The van der Waals surface area contributed by atoms with Crippen LogP contribution >= 0.6 is 11.6 Å². The minimum atomic E-state index is -0.515. The van der Waals surface area contributed by atoms with Crippen LogP contribution in [-0.2, 0) is 6.54 Å². The third-order valence-electron chi connectivity index (χ3n) is 3.62. The van der Waals surface area contributed by atoms with Gasteiger partial charge in [-0.2, -0.15) is 9.49 Å². The number of nitrogens with one attached hydrogen (secondary N) is 1. The monoisotopic (exact) mass is 348 g/mol. The summed E-state index contributed by atoms with van der Waals surface area (Å²) in [6.07, 6.45) is 0.989. The van der Waals surface area contributed by atoms with Gasteiger partial charge in [0.2, 0.25) is 5.95 Å². The Bertz CT molecular complexity index is 751. The van der Waals surface area contributed by atoms with E-state index in [4.69, 9.17) is 11.6 Å². The first-order chi connectivity index (χ1) is 11.7. The highest BCUT2D eigenvalue weighted by Gasteiger charge is 2.22. The number of nitrogens with zero attached hydrogens (tertiary/aromatic N) is 5. The van der Waals surface area contributed by atoms with Gasteiger partial charge < -0.3 is 10.2 Å². The third kappa shape index (κ3) is 3.79. The first-order valence-electron chi connectivity index (χ1n) is 7.85. The second-order valence-corrected chi connectivity index (χ2v) is 5.81. The van der Waals surface area contributed by atoms with E-state index in [0.29, 0.717) is 29.8 Å². The largest absolute Gasteiger partial charge is 0.383 e. The summed E-state index contributed by atoms with van der Waals surface area (Å²) in [7, 11) is 0. The van der Waals surface area contributed by atoms with Crippen molar-refractivity contribution >= 4 is 23.1 Å². The van der Waals surface area contributed by atoms with Gasteiger partial charge in [0.1, 0.15) is 11.4 Å². The Morgan fingerprint density at radius 1 is 1.33 bits per heavy atom. The molecule has 1 aliphatic heterocycles. The lowest BCUT2D eigenvalue weighted by molar-refractivity contribution is 0.443. The van der Waals surface area contributed by atoms with E-state index in [0.717, 1.165) is 30.9 Å². The van der Waals surface area contributed by atoms with E-state index in [-0.39, 0.29) is 0 Å². The van der Waals surface area contributed by atoms with Crippen molar-refractivity contribution in [3.8, 4) is 0 Å². The molecular formula is C16H18ClFN6. The van der Waals surface area contributed by atoms with E-state index < -0.39 is 5.95 Å². The van der Waals surface area contributed by atoms with Gasteiger partial charge in [0.15, 0.2) is 11.0 Å². The molecule has 1 N–H and O–H groups in total. The maximum atomic E-state index is 13.4. The lowest BCUT2D eigenvalue weighted by Gasteiger charge is -2.21. The molecule has 0 saturated heterocycles. The Morgan fingerprint density at radius 3 is 3.00 bits per heavy atom. The van der Waals surface area contributed by atoms with E-state index in [2.05, 4.69) is 32.4 Å². The van der Waals surface area contributed by atoms with Gasteiger partial charge in [0.05, 0.1) is 18.8 Å². The highest BCUT2D eigenvalue weighted by Crippen LogP contribution is 2.20. The van der Waals surface area contributed by atoms with Crippen LogP contribution in [0.4, 0.5) is 10.1 Å². The molecule has 126 valence electrons. The number of pyridine rings is 1. The quantitative estimate of drug-likeness (QED) is 0.813. The Hall–Kier alpha value is -2.28. The van der Waals surface area contributed by atoms with Crippen LogP contribution in [0.3, 0.4) is 0 Å². The molecule has 0 saturated carbocycles. The van der Waals surface area contributed by atoms with Crippen LogP contribution in [0.25, 0.3) is 0 Å². The molecule has 0 aliphatic carbocycles. The summed E-state index contributed by atoms with van der Waals surface area (Å²) in [6, 6.07) is 6.48. The molecule has 0 unspecified atom stereocenters. The van der Waals surface area contributed by atoms with Gasteiger partial charge in [0, 0.05) is 19.2 Å². The average Bonchev–Trinajstić information content (AvgIpc) is 3.03. The topological polar surface area (TPSA) is 66.3 Å². The molecule has 0 fully saturated rings. The number of aliphatic imine (C=N–C) groups is 1. The number of rotatable bonds is 6. The van der Waals surface area contributed by atoms with Crippen LogP contribution in [0.5, 0.6) is 0 Å². The number of aromatic nitrogens is 3. The highest BCUT2D eigenvalue weighted by atomic mass is 35.5. The zero-order chi connectivity index (χ0) is 16.9. The van der Waals surface area contributed by atoms with Crippen molar-refractivity contribution in [2.75, 3.05) is 25.0 Å². The molecule has 24 heavy (non-hydrogen) atoms. The number of hydrogen-bond acceptors (Lipinski definition) is 6. The minimum Gasteiger partial charge on any atom is -0.383 e. The van der Waals surface area contributed by atoms with Crippen LogP contribution in [0, 0.1) is 5.95 Å². The lowest BCUT2D eigenvalue weighted by Crippen LogP contribution is -2.29. The SMILES string of the molecule is CCCNc1cc(Cl)nnc1CN1CCN=C1c1cccc(F)n1. The average molecular weight is 349 g/mol. The van der Waals surface area contributed by atoms with Gasteiger partial charge in [-0.1, -0.05) is 24.6 Å². The Morgan fingerprint density at radius 2 is 2.21 bits per heavy atom. The van der Waals surface area contributed by atoms with Crippen LogP contribution in [0.1, 0.15) is 24.7 Å². The Kier molecular flexibility index (Phi) is 5.20. The maximum Gasteiger partial charge on any atom is 0.213 e. The second kappa shape index (κ2) is 7.53. The van der Waals surface area contributed by atoms with Crippen molar-refractivity contribution in [1.29, 1.82) is 0 Å². The highest BCUT2D eigenvalue weighted by molar-refractivity contribution is 6.29. The summed E-state index contributed by atoms with van der Waals surface area (Å²) >= 11 is 5.95. The van der Waals surface area contributed by atoms with Crippen LogP contribution in [-0.4, -0.2) is 45.6 Å². The summed E-state index contributed by atoms with van der Waals surface area (Å²) < 4.78 is 13.4. The van der Waals surface area contributed by atoms with Crippen molar-refractivity contribution in [2.24, 2.45) is 4.99 Å². The summed E-state index contributed by atoms with van der Waals surface area (Å²) in [5.74, 6) is 0.159. The molecule has 0 amide bonds. The predicted octanol–water partition coefficient (Wildman–Crippen LogP) is 2.75. The zero-order valence-corrected chi connectivity index (χ0v) is 14.1. The van der Waals surface area contributed by atoms with Crippen molar-refractivity contribution in [2.45, 2.75) is 19.9 Å². The predicted molar refractivity (Wildman–Crippen MR) is 91.8 cm³/mol. The minimum absolute atomic E-state index is 0.347. The number of halogens is 2. The van der Waals surface area contributed by atoms with E-state index in [1.165, 1.54) is 6.07 Å². The number of anilines is 1. The molecule has 0 atom stereocenters. The van der Waals surface area contributed by atoms with Gasteiger partial charge in [-0.05, 0) is 18.6 Å². The molecule has 0 aromatic carbocycles. The summed E-state index contributed by atoms with van der Waals surface area (Å²) in [6.45, 7) is 4.79. The van der Waals surface area contributed by atoms with Crippen molar-refractivity contribution < 1.29 is 4.39 Å². The summed E-state index contributed by atoms with van der Waals surface area (Å²) in [5.41, 5.74) is 2.16. The van der Waals surface area contributed by atoms with Crippen LogP contribution in [0.2, 0.25) is 5.15 Å². The van der Waals surface area contributed by atoms with E-state index >= 15 is 0 Å². The summed E-state index contributed by atoms with van der Waals surface area (Å²) in [5, 5.41) is 11.8. The molecule has 6 nitrogen and oxygen atoms in total. The fourth-order valence-corrected chi connectivity index (χ4v) is 2.66. The van der Waals surface area contributed by atoms with Crippen molar-refractivity contribution in [3.05, 3.63) is 46.8 Å². The first kappa shape index (κ1) is 16.6. The standard InChI is InChI=1S/C16H18ClFN6/c1-2-6-19-12-9-14(17)23-22-13(12)10-24-8-7-20-16(24)11-4-3-5-15(18)21-11/h3-5,9H,2,6-8,10H2,1H3,(H,19,23). The molecule has 0 bridgehead atoms. The Labute approximate surface area is 144 Å². The zero-order valence-electron chi connectivity index (χ0n) is 13.3. The van der Waals surface area contributed by atoms with Crippen LogP contribution in [0.15, 0.2) is 29.3 Å². The van der Waals surface area contributed by atoms with Gasteiger partial charge in [-0.15, -0.1) is 5.10 Å². The molecule has 3 heterocycles. The second-order valence-electron chi connectivity index (χ2n) is 5.43. The van der Waals surface area contributed by atoms with E-state index in [1.807, 2.05) is 4.90 Å². The van der Waals surface area contributed by atoms with E-state index in [1.54, 1.807) is 18.2 Å². The molecule has 0 radical (unpaired) electrons. The molecule has 3 rings (SSSR count). The third-order valence-corrected chi connectivity index (χ3v) is 3.81. The van der Waals surface area contributed by atoms with Gasteiger partial charge in [-0.25, -0.2) is 4.98 Å². The first-order valence-corrected chi connectivity index (χ1v) is 8.23. The smallest absolute Gasteiger partial charge is 0.213 e. The lowest BCUT2D eigenvalue weighted by atomic mass is 10.2. The maximum absolute atomic E-state index is 13.4. The van der Waals surface area contributed by atoms with Crippen molar-refractivity contribution in [1.82, 2.24) is 20.1 Å². The van der Waals surface area contributed by atoms with Gasteiger partial charge in [-0.3, -0.25) is 4.99 Å². The fraction of sp³-hybridized carbons (Fsp3) is 0.375. The molecule has 2 aromatic heterocycles. The number of amidine groups is 1.